The van der Waals surface area contributed by atoms with Crippen LogP contribution in [0.3, 0.4) is 0 Å². The average Bonchev–Trinajstić information content (AvgIpc) is 3.33. The molecule has 4 rings (SSSR count). The highest BCUT2D eigenvalue weighted by molar-refractivity contribution is 6.07. The summed E-state index contributed by atoms with van der Waals surface area (Å²) in [7, 11) is 0. The first-order valence-electron chi connectivity index (χ1n) is 13.1. The molecule has 2 amide bonds. The highest BCUT2D eigenvalue weighted by Gasteiger charge is 2.35. The normalized spacial score (nSPS) is 18.5. The third-order valence-electron chi connectivity index (χ3n) is 6.81. The number of rotatable bonds is 8. The minimum Gasteiger partial charge on any atom is -0.465 e. The van der Waals surface area contributed by atoms with E-state index in [0.29, 0.717) is 30.9 Å². The summed E-state index contributed by atoms with van der Waals surface area (Å²) in [5, 5.41) is 10.4. The van der Waals surface area contributed by atoms with E-state index in [0.717, 1.165) is 26.2 Å². The fourth-order valence-corrected chi connectivity index (χ4v) is 4.59. The van der Waals surface area contributed by atoms with Gasteiger partial charge < -0.3 is 14.2 Å². The molecule has 0 spiro atoms. The highest BCUT2D eigenvalue weighted by atomic mass is 16.6. The Morgan fingerprint density at radius 2 is 1.70 bits per heavy atom. The number of carbonyl (C=O) groups is 4. The van der Waals surface area contributed by atoms with Crippen LogP contribution in [0.1, 0.15) is 29.8 Å². The molecule has 2 aromatic carbocycles. The Labute approximate surface area is 232 Å². The molecular formula is C28H33N5O7. The second-order valence-electron chi connectivity index (χ2n) is 9.47. The molecule has 212 valence electrons. The molecule has 0 aromatic heterocycles. The first kappa shape index (κ1) is 28.7. The Hall–Kier alpha value is -4.29. The van der Waals surface area contributed by atoms with E-state index in [4.69, 9.17) is 19.6 Å². The lowest BCUT2D eigenvalue weighted by Gasteiger charge is -2.37. The van der Waals surface area contributed by atoms with E-state index in [9.17, 15) is 19.2 Å². The number of cyclic esters (lactones) is 1. The first-order valence-corrected chi connectivity index (χ1v) is 13.1. The van der Waals surface area contributed by atoms with Gasteiger partial charge in [0.1, 0.15) is 18.0 Å². The molecule has 0 aliphatic carbocycles. The van der Waals surface area contributed by atoms with Crippen molar-refractivity contribution in [3.63, 3.8) is 0 Å². The van der Waals surface area contributed by atoms with Crippen LogP contribution < -0.4 is 10.2 Å². The van der Waals surface area contributed by atoms with Crippen molar-refractivity contribution >= 4 is 35.6 Å². The van der Waals surface area contributed by atoms with Crippen LogP contribution in [0.4, 0.5) is 15.3 Å². The van der Waals surface area contributed by atoms with Crippen LogP contribution >= 0.6 is 0 Å². The third-order valence-corrected chi connectivity index (χ3v) is 6.81. The molecule has 0 bridgehead atoms. The number of amides is 2. The fourth-order valence-electron chi connectivity index (χ4n) is 4.59. The fraction of sp³-hybridized carbons (Fsp3) is 0.393. The maximum atomic E-state index is 12.6. The van der Waals surface area contributed by atoms with Crippen molar-refractivity contribution in [1.82, 2.24) is 15.1 Å². The van der Waals surface area contributed by atoms with Gasteiger partial charge in [0.25, 0.3) is 0 Å². The van der Waals surface area contributed by atoms with Gasteiger partial charge in [-0.05, 0) is 50.2 Å². The number of amidine groups is 1. The maximum absolute atomic E-state index is 12.6. The lowest BCUT2D eigenvalue weighted by molar-refractivity contribution is -0.149. The monoisotopic (exact) mass is 551 g/mol. The summed E-state index contributed by atoms with van der Waals surface area (Å²) < 4.78 is 15.4. The quantitative estimate of drug-likeness (QED) is 0.166. The summed E-state index contributed by atoms with van der Waals surface area (Å²) in [5.41, 5.74) is 1.18. The summed E-state index contributed by atoms with van der Waals surface area (Å²) in [6, 6.07) is 14.3. The van der Waals surface area contributed by atoms with Crippen molar-refractivity contribution in [3.05, 3.63) is 65.7 Å². The number of nitrogens with zero attached hydrogens (tertiary/aromatic N) is 3. The van der Waals surface area contributed by atoms with Crippen molar-refractivity contribution in [3.8, 4) is 0 Å². The van der Waals surface area contributed by atoms with E-state index in [1.54, 1.807) is 49.4 Å². The SMILES string of the molecule is CCOC(=O)[C@@H](C)N1CCN(CC2CN(c3ccc(C(=N)NC(=O)OC(=O)c4ccccc4)cc3)C(=O)O2)CC1. The number of esters is 2. The minimum absolute atomic E-state index is 0.216. The van der Waals surface area contributed by atoms with Gasteiger partial charge in [0.2, 0.25) is 0 Å². The van der Waals surface area contributed by atoms with Crippen LogP contribution in [-0.4, -0.2) is 97.8 Å². The molecule has 2 aliphatic heterocycles. The van der Waals surface area contributed by atoms with E-state index in [2.05, 4.69) is 15.1 Å². The maximum Gasteiger partial charge on any atom is 0.420 e. The van der Waals surface area contributed by atoms with Crippen molar-refractivity contribution in [2.24, 2.45) is 0 Å². The number of ether oxygens (including phenoxy) is 3. The largest absolute Gasteiger partial charge is 0.465 e. The predicted octanol–water partition coefficient (Wildman–Crippen LogP) is 2.47. The third kappa shape index (κ3) is 7.21. The number of benzene rings is 2. The number of piperazine rings is 1. The standard InChI is InChI=1S/C28H33N5O7/c1-3-38-25(34)19(2)32-15-13-31(14-16-32)17-23-18-33(28(37)39-23)22-11-9-20(10-12-22)24(29)30-27(36)40-26(35)21-7-5-4-6-8-21/h4-12,19,23H,3,13-18H2,1-2H3,(H2,29,30,36)/t19-,23?/m1/s1. The van der Waals surface area contributed by atoms with Crippen LogP contribution in [0.5, 0.6) is 0 Å². The van der Waals surface area contributed by atoms with Crippen molar-refractivity contribution in [2.45, 2.75) is 26.0 Å². The Bertz CT molecular complexity index is 1230. The number of alkyl carbamates (subject to hydrolysis) is 1. The van der Waals surface area contributed by atoms with Crippen molar-refractivity contribution in [1.29, 1.82) is 5.41 Å². The average molecular weight is 552 g/mol. The van der Waals surface area contributed by atoms with Gasteiger partial charge in [0.15, 0.2) is 0 Å². The molecule has 2 saturated heterocycles. The lowest BCUT2D eigenvalue weighted by Crippen LogP contribution is -2.53. The molecule has 12 heteroatoms. The number of hydrogen-bond donors (Lipinski definition) is 2. The van der Waals surface area contributed by atoms with Crippen LogP contribution in [0.15, 0.2) is 54.6 Å². The van der Waals surface area contributed by atoms with Crippen LogP contribution in [0.2, 0.25) is 0 Å². The Morgan fingerprint density at radius 1 is 1.02 bits per heavy atom. The summed E-state index contributed by atoms with van der Waals surface area (Å²) >= 11 is 0. The topological polar surface area (TPSA) is 142 Å². The molecule has 0 saturated carbocycles. The summed E-state index contributed by atoms with van der Waals surface area (Å²) in [6.07, 6.45) is -1.83. The Morgan fingerprint density at radius 3 is 2.35 bits per heavy atom. The molecule has 12 nitrogen and oxygen atoms in total. The van der Waals surface area contributed by atoms with E-state index >= 15 is 0 Å². The van der Waals surface area contributed by atoms with Gasteiger partial charge in [0.05, 0.1) is 18.7 Å². The molecule has 2 aromatic rings. The van der Waals surface area contributed by atoms with Gasteiger partial charge in [-0.25, -0.2) is 14.4 Å². The number of nitrogens with one attached hydrogen (secondary N) is 2. The summed E-state index contributed by atoms with van der Waals surface area (Å²) in [6.45, 7) is 7.91. The molecule has 2 aliphatic rings. The molecule has 0 radical (unpaired) electrons. The molecule has 2 heterocycles. The second kappa shape index (κ2) is 13.2. The first-order chi connectivity index (χ1) is 19.2. The van der Waals surface area contributed by atoms with Crippen LogP contribution in [0.25, 0.3) is 0 Å². The Kier molecular flexibility index (Phi) is 9.46. The second-order valence-corrected chi connectivity index (χ2v) is 9.47. The van der Waals surface area contributed by atoms with E-state index in [1.165, 1.54) is 17.0 Å². The van der Waals surface area contributed by atoms with Crippen LogP contribution in [-0.2, 0) is 19.0 Å². The highest BCUT2D eigenvalue weighted by Crippen LogP contribution is 2.23. The number of anilines is 1. The lowest BCUT2D eigenvalue weighted by atomic mass is 10.1. The zero-order chi connectivity index (χ0) is 28.6. The number of hydrogen-bond acceptors (Lipinski definition) is 10. The predicted molar refractivity (Wildman–Crippen MR) is 145 cm³/mol. The van der Waals surface area contributed by atoms with E-state index in [-0.39, 0.29) is 29.5 Å². The van der Waals surface area contributed by atoms with E-state index < -0.39 is 18.2 Å². The molecule has 2 N–H and O–H groups in total. The van der Waals surface area contributed by atoms with Crippen LogP contribution in [0, 0.1) is 5.41 Å². The van der Waals surface area contributed by atoms with E-state index in [1.807, 2.05) is 6.92 Å². The molecule has 40 heavy (non-hydrogen) atoms. The van der Waals surface area contributed by atoms with Gasteiger partial charge >= 0.3 is 24.1 Å². The van der Waals surface area contributed by atoms with Crippen molar-refractivity contribution in [2.75, 3.05) is 50.8 Å². The van der Waals surface area contributed by atoms with Gasteiger partial charge in [-0.15, -0.1) is 0 Å². The van der Waals surface area contributed by atoms with Gasteiger partial charge in [0, 0.05) is 44.0 Å². The zero-order valence-corrected chi connectivity index (χ0v) is 22.5. The number of carbonyl (C=O) groups excluding carboxylic acids is 4. The zero-order valence-electron chi connectivity index (χ0n) is 22.5. The smallest absolute Gasteiger partial charge is 0.420 e. The minimum atomic E-state index is -1.06. The van der Waals surface area contributed by atoms with Gasteiger partial charge in [-0.3, -0.25) is 30.2 Å². The molecule has 2 atom stereocenters. The van der Waals surface area contributed by atoms with Gasteiger partial charge in [-0.2, -0.15) is 0 Å². The molecular weight excluding hydrogens is 518 g/mol. The summed E-state index contributed by atoms with van der Waals surface area (Å²) in [5.74, 6) is -1.29. The molecule has 2 fully saturated rings. The molecule has 1 unspecified atom stereocenters. The van der Waals surface area contributed by atoms with Crippen molar-refractivity contribution < 1.29 is 33.4 Å². The Balaban J connectivity index is 1.24. The van der Waals surface area contributed by atoms with Gasteiger partial charge in [-0.1, -0.05) is 18.2 Å². The summed E-state index contributed by atoms with van der Waals surface area (Å²) in [4.78, 5) is 54.5.